The molecular formula is C15H12BrN3O. The lowest BCUT2D eigenvalue weighted by molar-refractivity contribution is 0.472. The molecule has 100 valence electrons. The second-order valence-corrected chi connectivity index (χ2v) is 5.92. The average molecular weight is 330 g/mol. The molecule has 1 aliphatic rings. The summed E-state index contributed by atoms with van der Waals surface area (Å²) in [7, 11) is 0. The van der Waals surface area contributed by atoms with E-state index < -0.39 is 0 Å². The Morgan fingerprint density at radius 1 is 1.25 bits per heavy atom. The summed E-state index contributed by atoms with van der Waals surface area (Å²) in [5, 5.41) is 9.89. The van der Waals surface area contributed by atoms with Crippen LogP contribution < -0.4 is 0 Å². The molecule has 0 atom stereocenters. The quantitative estimate of drug-likeness (QED) is 0.775. The minimum atomic E-state index is 0.232. The van der Waals surface area contributed by atoms with Gasteiger partial charge < -0.3 is 9.67 Å². The first kappa shape index (κ1) is 11.9. The van der Waals surface area contributed by atoms with E-state index in [1.54, 1.807) is 18.5 Å². The van der Waals surface area contributed by atoms with E-state index >= 15 is 0 Å². The lowest BCUT2D eigenvalue weighted by Gasteiger charge is -2.08. The predicted molar refractivity (Wildman–Crippen MR) is 80.6 cm³/mol. The Bertz CT molecular complexity index is 808. The van der Waals surface area contributed by atoms with Crippen molar-refractivity contribution in [1.82, 2.24) is 14.5 Å². The highest BCUT2D eigenvalue weighted by Crippen LogP contribution is 2.41. The van der Waals surface area contributed by atoms with Gasteiger partial charge in [-0.2, -0.15) is 0 Å². The smallest absolute Gasteiger partial charge is 0.141 e. The lowest BCUT2D eigenvalue weighted by atomic mass is 10.2. The molecule has 3 aromatic rings. The number of rotatable bonds is 2. The highest BCUT2D eigenvalue weighted by atomic mass is 79.9. The van der Waals surface area contributed by atoms with Crippen molar-refractivity contribution in [1.29, 1.82) is 0 Å². The van der Waals surface area contributed by atoms with Crippen LogP contribution in [-0.2, 0) is 0 Å². The summed E-state index contributed by atoms with van der Waals surface area (Å²) in [4.78, 5) is 8.83. The van der Waals surface area contributed by atoms with Gasteiger partial charge in [0.1, 0.15) is 17.1 Å². The first-order valence-electron chi connectivity index (χ1n) is 6.55. The van der Waals surface area contributed by atoms with E-state index in [2.05, 4.69) is 30.5 Å². The fraction of sp³-hybridized carbons (Fsp3) is 0.200. The Morgan fingerprint density at radius 3 is 2.85 bits per heavy atom. The maximum absolute atomic E-state index is 9.89. The van der Waals surface area contributed by atoms with E-state index in [0.29, 0.717) is 10.5 Å². The molecule has 0 amide bonds. The summed E-state index contributed by atoms with van der Waals surface area (Å²) in [6.07, 6.45) is 5.95. The van der Waals surface area contributed by atoms with Gasteiger partial charge in [-0.25, -0.2) is 4.98 Å². The minimum absolute atomic E-state index is 0.232. The molecule has 0 bridgehead atoms. The standard InChI is InChI=1S/C15H12BrN3O/c16-11-4-1-9(7-14(11)20)15-18-12-8-17-6-5-13(12)19(15)10-2-3-10/h1,4-8,10,20H,2-3H2. The third kappa shape index (κ3) is 1.81. The first-order chi connectivity index (χ1) is 9.74. The lowest BCUT2D eigenvalue weighted by Crippen LogP contribution is -1.97. The summed E-state index contributed by atoms with van der Waals surface area (Å²) in [5.74, 6) is 1.13. The fourth-order valence-electron chi connectivity index (χ4n) is 2.51. The molecule has 5 heteroatoms. The number of phenols is 1. The van der Waals surface area contributed by atoms with Crippen molar-refractivity contribution in [2.24, 2.45) is 0 Å². The van der Waals surface area contributed by atoms with Crippen LogP contribution in [0.2, 0.25) is 0 Å². The van der Waals surface area contributed by atoms with Gasteiger partial charge in [0.15, 0.2) is 0 Å². The van der Waals surface area contributed by atoms with Crippen LogP contribution in [0.25, 0.3) is 22.4 Å². The van der Waals surface area contributed by atoms with Gasteiger partial charge in [-0.15, -0.1) is 0 Å². The van der Waals surface area contributed by atoms with E-state index in [1.165, 1.54) is 12.8 Å². The largest absolute Gasteiger partial charge is 0.507 e. The SMILES string of the molecule is Oc1cc(-c2nc3cnccc3n2C2CC2)ccc1Br. The van der Waals surface area contributed by atoms with Gasteiger partial charge in [-0.1, -0.05) is 0 Å². The zero-order chi connectivity index (χ0) is 13.7. The van der Waals surface area contributed by atoms with E-state index in [-0.39, 0.29) is 5.75 Å². The average Bonchev–Trinajstić information content (AvgIpc) is 3.22. The van der Waals surface area contributed by atoms with Gasteiger partial charge in [0.2, 0.25) is 0 Å². The number of hydrogen-bond acceptors (Lipinski definition) is 3. The predicted octanol–water partition coefficient (Wildman–Crippen LogP) is 3.90. The fourth-order valence-corrected chi connectivity index (χ4v) is 2.76. The van der Waals surface area contributed by atoms with Gasteiger partial charge >= 0.3 is 0 Å². The van der Waals surface area contributed by atoms with Crippen LogP contribution in [0, 0.1) is 0 Å². The molecule has 4 nitrogen and oxygen atoms in total. The molecule has 20 heavy (non-hydrogen) atoms. The van der Waals surface area contributed by atoms with Crippen LogP contribution in [-0.4, -0.2) is 19.6 Å². The number of aromatic hydroxyl groups is 1. The van der Waals surface area contributed by atoms with Crippen LogP contribution in [0.5, 0.6) is 5.75 Å². The Hall–Kier alpha value is -1.88. The number of aromatic nitrogens is 3. The van der Waals surface area contributed by atoms with Gasteiger partial charge in [0, 0.05) is 17.8 Å². The maximum atomic E-state index is 9.89. The monoisotopic (exact) mass is 329 g/mol. The van der Waals surface area contributed by atoms with Crippen LogP contribution in [0.3, 0.4) is 0 Å². The van der Waals surface area contributed by atoms with Crippen molar-refractivity contribution >= 4 is 27.0 Å². The van der Waals surface area contributed by atoms with Crippen molar-refractivity contribution in [2.45, 2.75) is 18.9 Å². The van der Waals surface area contributed by atoms with Crippen LogP contribution in [0.15, 0.2) is 41.1 Å². The van der Waals surface area contributed by atoms with Crippen LogP contribution >= 0.6 is 15.9 Å². The number of imidazole rings is 1. The van der Waals surface area contributed by atoms with E-state index in [9.17, 15) is 5.11 Å². The minimum Gasteiger partial charge on any atom is -0.507 e. The Balaban J connectivity index is 1.98. The van der Waals surface area contributed by atoms with Gasteiger partial charge in [-0.3, -0.25) is 4.98 Å². The molecule has 0 spiro atoms. The van der Waals surface area contributed by atoms with Crippen LogP contribution in [0.4, 0.5) is 0 Å². The number of phenolic OH excluding ortho intramolecular Hbond substituents is 1. The van der Waals surface area contributed by atoms with E-state index in [1.807, 2.05) is 18.2 Å². The van der Waals surface area contributed by atoms with Crippen molar-refractivity contribution in [2.75, 3.05) is 0 Å². The molecule has 4 rings (SSSR count). The Morgan fingerprint density at radius 2 is 2.10 bits per heavy atom. The number of nitrogens with zero attached hydrogens (tertiary/aromatic N) is 3. The van der Waals surface area contributed by atoms with Crippen molar-refractivity contribution in [3.63, 3.8) is 0 Å². The van der Waals surface area contributed by atoms with Crippen molar-refractivity contribution in [3.05, 3.63) is 41.1 Å². The number of benzene rings is 1. The molecule has 1 aromatic carbocycles. The number of fused-ring (bicyclic) bond motifs is 1. The van der Waals surface area contributed by atoms with Crippen LogP contribution in [0.1, 0.15) is 18.9 Å². The zero-order valence-electron chi connectivity index (χ0n) is 10.6. The van der Waals surface area contributed by atoms with E-state index in [4.69, 9.17) is 0 Å². The number of pyridine rings is 1. The third-order valence-electron chi connectivity index (χ3n) is 3.61. The number of hydrogen-bond donors (Lipinski definition) is 1. The molecule has 0 aliphatic heterocycles. The molecule has 2 aromatic heterocycles. The van der Waals surface area contributed by atoms with Gasteiger partial charge in [-0.05, 0) is 53.0 Å². The summed E-state index contributed by atoms with van der Waals surface area (Å²) in [6, 6.07) is 8.08. The third-order valence-corrected chi connectivity index (χ3v) is 4.28. The number of halogens is 1. The first-order valence-corrected chi connectivity index (χ1v) is 7.34. The Kier molecular flexibility index (Phi) is 2.57. The summed E-state index contributed by atoms with van der Waals surface area (Å²) in [6.45, 7) is 0. The highest BCUT2D eigenvalue weighted by molar-refractivity contribution is 9.10. The second kappa shape index (κ2) is 4.31. The molecule has 0 saturated heterocycles. The topological polar surface area (TPSA) is 50.9 Å². The van der Waals surface area contributed by atoms with Crippen molar-refractivity contribution in [3.8, 4) is 17.1 Å². The molecule has 1 N–H and O–H groups in total. The molecule has 0 radical (unpaired) electrons. The van der Waals surface area contributed by atoms with Gasteiger partial charge in [0.05, 0.1) is 16.2 Å². The molecule has 1 saturated carbocycles. The molecule has 2 heterocycles. The molecular weight excluding hydrogens is 318 g/mol. The second-order valence-electron chi connectivity index (χ2n) is 5.07. The van der Waals surface area contributed by atoms with Gasteiger partial charge in [0.25, 0.3) is 0 Å². The summed E-state index contributed by atoms with van der Waals surface area (Å²) < 4.78 is 2.96. The Labute approximate surface area is 124 Å². The van der Waals surface area contributed by atoms with E-state index in [0.717, 1.165) is 22.4 Å². The molecule has 0 unspecified atom stereocenters. The zero-order valence-corrected chi connectivity index (χ0v) is 12.2. The summed E-state index contributed by atoms with van der Waals surface area (Å²) >= 11 is 3.31. The molecule has 1 aliphatic carbocycles. The molecule has 1 fully saturated rings. The summed E-state index contributed by atoms with van der Waals surface area (Å²) in [5.41, 5.74) is 2.94. The van der Waals surface area contributed by atoms with Crippen molar-refractivity contribution < 1.29 is 5.11 Å². The highest BCUT2D eigenvalue weighted by Gasteiger charge is 2.28. The normalized spacial score (nSPS) is 14.8. The maximum Gasteiger partial charge on any atom is 0.141 e.